The number of rotatable bonds is 5. The molecule has 0 saturated carbocycles. The number of hydrogen-bond acceptors (Lipinski definition) is 4. The SMILES string of the molecule is COc1ccc(OC)c(/C=N/S(=O)(=O)c2ccc(C)cc2)c1.[C-]#[O+].[C-]#[O+].[C-]#[O+].[Cr]. The molecule has 0 spiro atoms. The Kier molecular flexibility index (Phi) is 18.8. The van der Waals surface area contributed by atoms with Crippen molar-refractivity contribution in [2.24, 2.45) is 4.40 Å². The van der Waals surface area contributed by atoms with E-state index in [9.17, 15) is 8.42 Å². The first-order valence-corrected chi connectivity index (χ1v) is 8.60. The summed E-state index contributed by atoms with van der Waals surface area (Å²) in [6.45, 7) is 15.4. The summed E-state index contributed by atoms with van der Waals surface area (Å²) in [7, 11) is -0.706. The number of ether oxygens (including phenoxy) is 2. The molecule has 0 heterocycles. The maximum atomic E-state index is 12.2. The molecule has 0 aromatic heterocycles. The van der Waals surface area contributed by atoms with Gasteiger partial charge in [-0.3, -0.25) is 0 Å². The summed E-state index contributed by atoms with van der Waals surface area (Å²) in [5.41, 5.74) is 1.51. The second kappa shape index (κ2) is 17.5. The second-order valence-corrected chi connectivity index (χ2v) is 6.26. The Balaban J connectivity index is -0.000000883. The minimum absolute atomic E-state index is 0. The van der Waals surface area contributed by atoms with Gasteiger partial charge in [0.05, 0.1) is 25.3 Å². The number of aryl methyl sites for hydroxylation is 1. The van der Waals surface area contributed by atoms with Gasteiger partial charge in [0.2, 0.25) is 0 Å². The third kappa shape index (κ3) is 10.5. The van der Waals surface area contributed by atoms with Gasteiger partial charge in [0.25, 0.3) is 10.0 Å². The van der Waals surface area contributed by atoms with Crippen LogP contribution in [0.15, 0.2) is 51.8 Å². The Bertz CT molecular complexity index is 904. The molecule has 0 aliphatic carbocycles. The topological polar surface area (TPSA) is 125 Å². The number of benzene rings is 2. The van der Waals surface area contributed by atoms with E-state index in [1.54, 1.807) is 30.3 Å². The fraction of sp³-hybridized carbons (Fsp3) is 0.158. The van der Waals surface area contributed by atoms with Crippen LogP contribution in [-0.2, 0) is 41.3 Å². The molecule has 29 heavy (non-hydrogen) atoms. The zero-order valence-electron chi connectivity index (χ0n) is 15.7. The Morgan fingerprint density at radius 1 is 0.897 bits per heavy atom. The van der Waals surface area contributed by atoms with Crippen molar-refractivity contribution in [1.29, 1.82) is 0 Å². The van der Waals surface area contributed by atoms with Gasteiger partial charge in [-0.05, 0) is 37.3 Å². The van der Waals surface area contributed by atoms with Crippen molar-refractivity contribution >= 4 is 16.2 Å². The van der Waals surface area contributed by atoms with E-state index in [1.165, 1.54) is 32.6 Å². The molecule has 0 N–H and O–H groups in total. The van der Waals surface area contributed by atoms with Gasteiger partial charge in [-0.15, -0.1) is 0 Å². The second-order valence-electron chi connectivity index (χ2n) is 4.63. The quantitative estimate of drug-likeness (QED) is 0.390. The van der Waals surface area contributed by atoms with Crippen molar-refractivity contribution in [2.45, 2.75) is 11.8 Å². The molecule has 0 saturated heterocycles. The summed E-state index contributed by atoms with van der Waals surface area (Å²) in [6, 6.07) is 11.6. The van der Waals surface area contributed by atoms with Gasteiger partial charge in [-0.1, -0.05) is 17.7 Å². The Morgan fingerprint density at radius 3 is 1.86 bits per heavy atom. The minimum Gasteiger partial charge on any atom is 0 e. The van der Waals surface area contributed by atoms with Crippen molar-refractivity contribution in [3.05, 3.63) is 73.5 Å². The maximum Gasteiger partial charge on any atom is 0 e. The van der Waals surface area contributed by atoms with Gasteiger partial charge in [0.1, 0.15) is 11.5 Å². The number of nitrogens with zero attached hydrogens (tertiary/aromatic N) is 1. The van der Waals surface area contributed by atoms with Crippen LogP contribution < -0.4 is 9.47 Å². The van der Waals surface area contributed by atoms with Gasteiger partial charge in [-0.25, -0.2) is 0 Å². The van der Waals surface area contributed by atoms with Crippen LogP contribution in [0.4, 0.5) is 0 Å². The summed E-state index contributed by atoms with van der Waals surface area (Å²) >= 11 is 0. The molecular weight excluding hydrogens is 438 g/mol. The van der Waals surface area contributed by atoms with E-state index in [4.69, 9.17) is 23.4 Å². The monoisotopic (exact) mass is 455 g/mol. The van der Waals surface area contributed by atoms with Gasteiger partial charge in [0.15, 0.2) is 0 Å². The van der Waals surface area contributed by atoms with Crippen molar-refractivity contribution < 1.29 is 49.2 Å². The van der Waals surface area contributed by atoms with E-state index in [1.807, 2.05) is 6.92 Å². The third-order valence-corrected chi connectivity index (χ3v) is 4.34. The van der Waals surface area contributed by atoms with Crippen molar-refractivity contribution in [2.75, 3.05) is 14.2 Å². The predicted octanol–water partition coefficient (Wildman–Crippen LogP) is 2.70. The molecule has 2 rings (SSSR count). The Labute approximate surface area is 180 Å². The number of sulfonamides is 1. The van der Waals surface area contributed by atoms with E-state index in [2.05, 4.69) is 24.3 Å². The molecule has 0 bridgehead atoms. The predicted molar refractivity (Wildman–Crippen MR) is 97.3 cm³/mol. The van der Waals surface area contributed by atoms with Crippen LogP contribution in [-0.4, -0.2) is 28.9 Å². The smallest absolute Gasteiger partial charge is 0 e. The Morgan fingerprint density at radius 2 is 1.41 bits per heavy atom. The number of hydrogen-bond donors (Lipinski definition) is 0. The van der Waals surface area contributed by atoms with Crippen LogP contribution in [0.25, 0.3) is 0 Å². The average Bonchev–Trinajstić information content (AvgIpc) is 2.76. The first-order valence-electron chi connectivity index (χ1n) is 7.16. The molecular formula is C19H17CrNO7S. The zero-order chi connectivity index (χ0) is 22.2. The van der Waals surface area contributed by atoms with Crippen LogP contribution in [0.3, 0.4) is 0 Å². The molecule has 0 atom stereocenters. The fourth-order valence-electron chi connectivity index (χ4n) is 1.84. The molecule has 0 radical (unpaired) electrons. The third-order valence-electron chi connectivity index (χ3n) is 3.09. The largest absolute Gasteiger partial charge is 0 e. The summed E-state index contributed by atoms with van der Waals surface area (Å²) in [5.74, 6) is 1.11. The zero-order valence-corrected chi connectivity index (χ0v) is 17.8. The van der Waals surface area contributed by atoms with Crippen LogP contribution in [0.1, 0.15) is 11.1 Å². The molecule has 0 aliphatic rings. The molecule has 0 aliphatic heterocycles. The molecule has 0 amide bonds. The van der Waals surface area contributed by atoms with E-state index < -0.39 is 10.0 Å². The van der Waals surface area contributed by atoms with Gasteiger partial charge >= 0.3 is 33.9 Å². The van der Waals surface area contributed by atoms with Crippen LogP contribution in [0.2, 0.25) is 0 Å². The summed E-state index contributed by atoms with van der Waals surface area (Å²) in [6.07, 6.45) is 1.26. The van der Waals surface area contributed by atoms with E-state index in [0.29, 0.717) is 17.1 Å². The standard InChI is InChI=1S/C16H17NO4S.3CO.Cr/c1-12-4-7-15(8-5-12)22(18,19)17-11-13-10-14(20-2)6-9-16(13)21-3;3*1-2;/h4-11H,1-3H3;;;;/b17-11+;;;;. The normalized spacial score (nSPS) is 9.00. The van der Waals surface area contributed by atoms with Gasteiger partial charge in [-0.2, -0.15) is 12.8 Å². The van der Waals surface area contributed by atoms with Gasteiger partial charge < -0.3 is 9.47 Å². The molecule has 0 unspecified atom stereocenters. The maximum absolute atomic E-state index is 12.2. The molecule has 10 heteroatoms. The average molecular weight is 455 g/mol. The van der Waals surface area contributed by atoms with Crippen molar-refractivity contribution in [1.82, 2.24) is 0 Å². The van der Waals surface area contributed by atoms with Crippen LogP contribution in [0, 0.1) is 26.9 Å². The minimum atomic E-state index is -3.75. The van der Waals surface area contributed by atoms with E-state index in [-0.39, 0.29) is 22.3 Å². The van der Waals surface area contributed by atoms with Crippen molar-refractivity contribution in [3.8, 4) is 11.5 Å². The van der Waals surface area contributed by atoms with Crippen LogP contribution >= 0.6 is 0 Å². The number of methoxy groups -OCH3 is 2. The molecule has 8 nitrogen and oxygen atoms in total. The fourth-order valence-corrected chi connectivity index (χ4v) is 2.69. The van der Waals surface area contributed by atoms with Crippen molar-refractivity contribution in [3.63, 3.8) is 0 Å². The first kappa shape index (κ1) is 31.1. The molecule has 152 valence electrons. The summed E-state index contributed by atoms with van der Waals surface area (Å²) < 4.78 is 60.9. The molecule has 2 aromatic carbocycles. The van der Waals surface area contributed by atoms with E-state index >= 15 is 0 Å². The summed E-state index contributed by atoms with van der Waals surface area (Å²) in [4.78, 5) is 0.149. The van der Waals surface area contributed by atoms with Gasteiger partial charge in [0, 0.05) is 22.9 Å². The first-order chi connectivity index (χ1) is 13.5. The molecule has 0 fully saturated rings. The summed E-state index contributed by atoms with van der Waals surface area (Å²) in [5, 5.41) is 0. The Hall–Kier alpha value is -2.59. The molecule has 2 aromatic rings. The van der Waals surface area contributed by atoms with Crippen LogP contribution in [0.5, 0.6) is 11.5 Å². The van der Waals surface area contributed by atoms with E-state index in [0.717, 1.165) is 5.56 Å².